The number of fused-ring (bicyclic) bond motifs is 15. The Morgan fingerprint density at radius 2 is 0.647 bits per heavy atom. The van der Waals surface area contributed by atoms with Crippen molar-refractivity contribution in [3.8, 4) is 65.6 Å². The highest BCUT2D eigenvalue weighted by molar-refractivity contribution is 7.16. The zero-order chi connectivity index (χ0) is 57.1. The highest BCUT2D eigenvalue weighted by Gasteiger charge is 2.38. The van der Waals surface area contributed by atoms with E-state index in [1.165, 1.54) is 164 Å². The van der Waals surface area contributed by atoms with Crippen molar-refractivity contribution < 1.29 is 0 Å². The Morgan fingerprint density at radius 3 is 1.11 bits per heavy atom. The van der Waals surface area contributed by atoms with Crippen LogP contribution < -0.4 is 0 Å². The standard InChI is InChI=1S/C81H60N2S2/c1-79(2)67-19-11-7-15-57(67)61-37-29-53(47-71(61)79)82-73-21-13-9-17-63(73)65-45-51(27-39-75(65)82)77-41-33-55(84-77)31-23-49-25-35-59-60-36-26-50(44-70(60)81(5,6)69(59)43-49)24-32-56-34-42-78(85-56)52-28-40-76-66(46-52)64-18-10-14-22-74(64)83(76)54-30-38-62-58-16-8-12-20-68(58)80(3,4)72(62)48-54/h7-48H,1-6H3/b31-23+,32-24+. The van der Waals surface area contributed by atoms with Crippen LogP contribution >= 0.6 is 22.7 Å². The maximum absolute atomic E-state index is 2.46. The summed E-state index contributed by atoms with van der Waals surface area (Å²) in [5, 5.41) is 5.10. The van der Waals surface area contributed by atoms with E-state index >= 15 is 0 Å². The van der Waals surface area contributed by atoms with E-state index in [1.807, 2.05) is 22.7 Å². The smallest absolute Gasteiger partial charge is 0.0541 e. The molecule has 85 heavy (non-hydrogen) atoms. The van der Waals surface area contributed by atoms with Crippen molar-refractivity contribution >= 4 is 90.6 Å². The second-order valence-electron chi connectivity index (χ2n) is 25.3. The Morgan fingerprint density at radius 1 is 0.282 bits per heavy atom. The third-order valence-corrected chi connectivity index (χ3v) is 21.6. The lowest BCUT2D eigenvalue weighted by atomic mass is 9.81. The average molecular weight is 1130 g/mol. The van der Waals surface area contributed by atoms with Crippen LogP contribution in [0.5, 0.6) is 0 Å². The maximum Gasteiger partial charge on any atom is 0.0541 e. The fraction of sp³-hybridized carbons (Fsp3) is 0.111. The number of nitrogens with zero attached hydrogens (tertiary/aromatic N) is 2. The van der Waals surface area contributed by atoms with Crippen molar-refractivity contribution in [2.75, 3.05) is 0 Å². The van der Waals surface area contributed by atoms with Crippen LogP contribution in [0.25, 0.3) is 134 Å². The van der Waals surface area contributed by atoms with Crippen LogP contribution in [0.1, 0.15) is 95.8 Å². The summed E-state index contributed by atoms with van der Waals surface area (Å²) >= 11 is 3.70. The van der Waals surface area contributed by atoms with E-state index in [2.05, 4.69) is 306 Å². The lowest BCUT2D eigenvalue weighted by molar-refractivity contribution is 0.660. The highest BCUT2D eigenvalue weighted by Crippen LogP contribution is 2.53. The summed E-state index contributed by atoms with van der Waals surface area (Å²) in [6.07, 6.45) is 9.15. The first kappa shape index (κ1) is 50.2. The van der Waals surface area contributed by atoms with Crippen LogP contribution in [-0.2, 0) is 16.2 Å². The molecule has 0 amide bonds. The first-order chi connectivity index (χ1) is 41.4. The molecule has 14 aromatic rings. The van der Waals surface area contributed by atoms with E-state index < -0.39 is 0 Å². The minimum absolute atomic E-state index is 0.0623. The van der Waals surface area contributed by atoms with Crippen molar-refractivity contribution in [1.29, 1.82) is 0 Å². The van der Waals surface area contributed by atoms with Gasteiger partial charge in [0.05, 0.1) is 22.1 Å². The Kier molecular flexibility index (Phi) is 10.8. The van der Waals surface area contributed by atoms with Gasteiger partial charge in [-0.2, -0.15) is 0 Å². The van der Waals surface area contributed by atoms with Gasteiger partial charge in [0.15, 0.2) is 0 Å². The molecule has 0 aliphatic heterocycles. The molecule has 0 radical (unpaired) electrons. The number of aromatic nitrogens is 2. The van der Waals surface area contributed by atoms with Crippen molar-refractivity contribution in [1.82, 2.24) is 9.13 Å². The highest BCUT2D eigenvalue weighted by atomic mass is 32.1. The Balaban J connectivity index is 0.606. The summed E-state index contributed by atoms with van der Waals surface area (Å²) in [4.78, 5) is 5.02. The molecule has 17 rings (SSSR count). The largest absolute Gasteiger partial charge is 0.309 e. The van der Waals surface area contributed by atoms with Gasteiger partial charge in [0.2, 0.25) is 0 Å². The monoisotopic (exact) mass is 1120 g/mol. The first-order valence-electron chi connectivity index (χ1n) is 29.8. The zero-order valence-electron chi connectivity index (χ0n) is 48.5. The van der Waals surface area contributed by atoms with E-state index in [0.717, 1.165) is 0 Å². The quantitative estimate of drug-likeness (QED) is 0.144. The molecule has 406 valence electrons. The summed E-state index contributed by atoms with van der Waals surface area (Å²) in [7, 11) is 0. The van der Waals surface area contributed by atoms with Gasteiger partial charge in [-0.3, -0.25) is 0 Å². The molecular weight excluding hydrogens is 1070 g/mol. The number of para-hydroxylation sites is 2. The lowest BCUT2D eigenvalue weighted by Crippen LogP contribution is -2.15. The lowest BCUT2D eigenvalue weighted by Gasteiger charge is -2.22. The minimum Gasteiger partial charge on any atom is -0.309 e. The molecule has 10 aromatic carbocycles. The van der Waals surface area contributed by atoms with Crippen LogP contribution in [0.3, 0.4) is 0 Å². The molecule has 3 aliphatic rings. The normalized spacial score (nSPS) is 14.9. The van der Waals surface area contributed by atoms with Gasteiger partial charge in [0.25, 0.3) is 0 Å². The summed E-state index contributed by atoms with van der Waals surface area (Å²) in [5.74, 6) is 0. The molecule has 0 bridgehead atoms. The first-order valence-corrected chi connectivity index (χ1v) is 31.4. The van der Waals surface area contributed by atoms with Crippen molar-refractivity contribution in [2.45, 2.75) is 57.8 Å². The van der Waals surface area contributed by atoms with E-state index in [4.69, 9.17) is 0 Å². The van der Waals surface area contributed by atoms with Gasteiger partial charge in [0.1, 0.15) is 0 Å². The van der Waals surface area contributed by atoms with E-state index in [9.17, 15) is 0 Å². The SMILES string of the molecule is CC1(C)c2cc(/C=C/c3ccc(-c4ccc5c(c4)c4ccccc4n5-c4ccc5c(c4)C(C)(C)c4ccccc4-5)s3)ccc2-c2ccc(/C=C/c3ccc(-c4ccc5c(c4)c4ccccc4n5-c4ccc5c(c4)C(C)(C)c4ccccc4-5)s3)cc21. The summed E-state index contributed by atoms with van der Waals surface area (Å²) in [6, 6.07) is 86.9. The van der Waals surface area contributed by atoms with Gasteiger partial charge in [0, 0.05) is 68.7 Å². The predicted octanol–water partition coefficient (Wildman–Crippen LogP) is 22.6. The van der Waals surface area contributed by atoms with E-state index in [0.29, 0.717) is 0 Å². The second kappa shape index (κ2) is 18.3. The molecule has 0 unspecified atom stereocenters. The average Bonchev–Trinajstić information content (AvgIpc) is 1.78. The number of hydrogen-bond donors (Lipinski definition) is 0. The Labute approximate surface area is 504 Å². The second-order valence-corrected chi connectivity index (χ2v) is 27.5. The van der Waals surface area contributed by atoms with Gasteiger partial charge >= 0.3 is 0 Å². The summed E-state index contributed by atoms with van der Waals surface area (Å²) < 4.78 is 4.92. The topological polar surface area (TPSA) is 9.86 Å². The fourth-order valence-corrected chi connectivity index (χ4v) is 16.8. The van der Waals surface area contributed by atoms with E-state index in [-0.39, 0.29) is 16.2 Å². The van der Waals surface area contributed by atoms with Crippen molar-refractivity contribution in [3.05, 3.63) is 285 Å². The zero-order valence-corrected chi connectivity index (χ0v) is 50.1. The molecule has 0 spiro atoms. The van der Waals surface area contributed by atoms with Crippen LogP contribution in [0, 0.1) is 0 Å². The van der Waals surface area contributed by atoms with Crippen molar-refractivity contribution in [2.24, 2.45) is 0 Å². The van der Waals surface area contributed by atoms with E-state index in [1.54, 1.807) is 0 Å². The van der Waals surface area contributed by atoms with Crippen LogP contribution in [0.4, 0.5) is 0 Å². The van der Waals surface area contributed by atoms with Crippen LogP contribution in [0.2, 0.25) is 0 Å². The van der Waals surface area contributed by atoms with Gasteiger partial charge in [-0.25, -0.2) is 0 Å². The van der Waals surface area contributed by atoms with Gasteiger partial charge in [-0.05, 0) is 186 Å². The molecule has 0 N–H and O–H groups in total. The Bertz CT molecular complexity index is 4900. The summed E-state index contributed by atoms with van der Waals surface area (Å²) in [6.45, 7) is 14.2. The van der Waals surface area contributed by atoms with Gasteiger partial charge in [-0.1, -0.05) is 199 Å². The maximum atomic E-state index is 2.46. The molecular formula is C81H60N2S2. The molecule has 4 aromatic heterocycles. The predicted molar refractivity (Wildman–Crippen MR) is 365 cm³/mol. The minimum atomic E-state index is -0.139. The van der Waals surface area contributed by atoms with Crippen molar-refractivity contribution in [3.63, 3.8) is 0 Å². The third kappa shape index (κ3) is 7.54. The van der Waals surface area contributed by atoms with Crippen LogP contribution in [0.15, 0.2) is 231 Å². The number of thiophene rings is 2. The third-order valence-electron chi connectivity index (χ3n) is 19.4. The summed E-state index contributed by atoms with van der Waals surface area (Å²) in [5.41, 5.74) is 28.4. The number of benzene rings is 10. The molecule has 0 saturated heterocycles. The molecule has 0 fully saturated rings. The molecule has 4 heterocycles. The number of rotatable bonds is 8. The number of hydrogen-bond acceptors (Lipinski definition) is 2. The fourth-order valence-electron chi connectivity index (χ4n) is 15.0. The van der Waals surface area contributed by atoms with Gasteiger partial charge < -0.3 is 9.13 Å². The van der Waals surface area contributed by atoms with Crippen LogP contribution in [-0.4, -0.2) is 9.13 Å². The molecule has 0 atom stereocenters. The molecule has 4 heteroatoms. The van der Waals surface area contributed by atoms with Gasteiger partial charge in [-0.15, -0.1) is 22.7 Å². The molecule has 3 aliphatic carbocycles. The molecule has 2 nitrogen and oxygen atoms in total. The molecule has 0 saturated carbocycles. The Hall–Kier alpha value is -9.32.